The van der Waals surface area contributed by atoms with Gasteiger partial charge >= 0.3 is 0 Å². The number of carbonyl (C=O) groups excluding carboxylic acids is 1. The number of halogens is 1. The third-order valence-corrected chi connectivity index (χ3v) is 5.11. The zero-order valence-corrected chi connectivity index (χ0v) is 17.7. The third kappa shape index (κ3) is 5.12. The number of hydrogen-bond acceptors (Lipinski definition) is 2. The molecule has 0 amide bonds. The maximum atomic E-state index is 14.9. The number of rotatable bonds is 7. The average Bonchev–Trinajstić information content (AvgIpc) is 2.74. The van der Waals surface area contributed by atoms with Crippen molar-refractivity contribution in [1.82, 2.24) is 0 Å². The topological polar surface area (TPSA) is 20.3 Å². The quantitative estimate of drug-likeness (QED) is 0.413. The summed E-state index contributed by atoms with van der Waals surface area (Å²) in [7, 11) is 1.93. The first kappa shape index (κ1) is 21.3. The van der Waals surface area contributed by atoms with Crippen LogP contribution in [-0.2, 0) is 11.3 Å². The fourth-order valence-electron chi connectivity index (χ4n) is 3.32. The molecule has 3 aromatic carbocycles. The van der Waals surface area contributed by atoms with Crippen LogP contribution in [0.25, 0.3) is 23.3 Å². The van der Waals surface area contributed by atoms with Gasteiger partial charge in [0.05, 0.1) is 0 Å². The first-order valence-corrected chi connectivity index (χ1v) is 9.89. The Labute approximate surface area is 178 Å². The Bertz CT molecular complexity index is 1110. The van der Waals surface area contributed by atoms with Crippen molar-refractivity contribution in [3.05, 3.63) is 101 Å². The first-order valence-electron chi connectivity index (χ1n) is 9.89. The van der Waals surface area contributed by atoms with Crippen LogP contribution in [-0.4, -0.2) is 12.8 Å². The monoisotopic (exact) mass is 399 g/mol. The van der Waals surface area contributed by atoms with E-state index in [0.717, 1.165) is 33.5 Å². The summed E-state index contributed by atoms with van der Waals surface area (Å²) in [4.78, 5) is 13.1. The Kier molecular flexibility index (Phi) is 6.63. The molecule has 0 aliphatic rings. The molecule has 0 radical (unpaired) electrons. The summed E-state index contributed by atoms with van der Waals surface area (Å²) in [6.45, 7) is 7.84. The lowest BCUT2D eigenvalue weighted by Gasteiger charge is -2.20. The summed E-state index contributed by atoms with van der Waals surface area (Å²) in [6, 6.07) is 19.3. The molecule has 0 aliphatic heterocycles. The van der Waals surface area contributed by atoms with Crippen LogP contribution in [0.4, 0.5) is 10.1 Å². The van der Waals surface area contributed by atoms with Gasteiger partial charge in [-0.15, -0.1) is 0 Å². The van der Waals surface area contributed by atoms with Crippen molar-refractivity contribution in [2.75, 3.05) is 11.9 Å². The summed E-state index contributed by atoms with van der Waals surface area (Å²) in [5, 5.41) is 0. The van der Waals surface area contributed by atoms with Crippen molar-refractivity contribution in [1.29, 1.82) is 0 Å². The highest BCUT2D eigenvalue weighted by molar-refractivity contribution is 5.91. The van der Waals surface area contributed by atoms with Gasteiger partial charge in [-0.3, -0.25) is 4.79 Å². The molecule has 0 saturated heterocycles. The van der Waals surface area contributed by atoms with Crippen LogP contribution in [0.1, 0.15) is 29.2 Å². The van der Waals surface area contributed by atoms with Gasteiger partial charge in [0.15, 0.2) is 5.78 Å². The van der Waals surface area contributed by atoms with Gasteiger partial charge < -0.3 is 4.90 Å². The largest absolute Gasteiger partial charge is 0.370 e. The highest BCUT2D eigenvalue weighted by Gasteiger charge is 2.10. The van der Waals surface area contributed by atoms with E-state index in [1.807, 2.05) is 79.5 Å². The van der Waals surface area contributed by atoms with Crippen LogP contribution >= 0.6 is 0 Å². The number of benzene rings is 3. The molecule has 0 atom stereocenters. The molecule has 152 valence electrons. The van der Waals surface area contributed by atoms with E-state index in [-0.39, 0.29) is 11.6 Å². The van der Waals surface area contributed by atoms with E-state index in [4.69, 9.17) is 0 Å². The van der Waals surface area contributed by atoms with Crippen LogP contribution < -0.4 is 4.90 Å². The van der Waals surface area contributed by atoms with E-state index in [9.17, 15) is 9.18 Å². The van der Waals surface area contributed by atoms with E-state index < -0.39 is 0 Å². The van der Waals surface area contributed by atoms with Gasteiger partial charge in [-0.1, -0.05) is 55.1 Å². The van der Waals surface area contributed by atoms with E-state index in [0.29, 0.717) is 12.1 Å². The zero-order valence-electron chi connectivity index (χ0n) is 17.7. The van der Waals surface area contributed by atoms with E-state index in [1.165, 1.54) is 6.92 Å². The molecule has 0 bridgehead atoms. The van der Waals surface area contributed by atoms with Crippen LogP contribution in [0.3, 0.4) is 0 Å². The molecule has 0 unspecified atom stereocenters. The van der Waals surface area contributed by atoms with Crippen molar-refractivity contribution in [2.24, 2.45) is 0 Å². The van der Waals surface area contributed by atoms with Crippen molar-refractivity contribution >= 4 is 23.6 Å². The van der Waals surface area contributed by atoms with Crippen molar-refractivity contribution in [3.63, 3.8) is 0 Å². The van der Waals surface area contributed by atoms with Crippen LogP contribution in [0, 0.1) is 12.7 Å². The lowest BCUT2D eigenvalue weighted by Crippen LogP contribution is -2.17. The molecule has 3 heteroatoms. The molecule has 2 nitrogen and oxygen atoms in total. The minimum atomic E-state index is -0.229. The second kappa shape index (κ2) is 9.36. The first-order chi connectivity index (χ1) is 14.4. The highest BCUT2D eigenvalue weighted by Crippen LogP contribution is 2.26. The number of carbonyl (C=O) groups is 1. The standard InChI is InChI=1S/C27H26FNO/c1-5-22-16-23(12-9-19(22)2)24-13-14-25(27(28)17-24)18-29(4)26-8-6-7-21(15-26)11-10-20(3)30/h5-17H,1,18H2,2-4H3/b11-10+. The summed E-state index contributed by atoms with van der Waals surface area (Å²) in [6.07, 6.45) is 5.15. The number of allylic oxidation sites excluding steroid dienone is 1. The number of nitrogens with zero attached hydrogens (tertiary/aromatic N) is 1. The van der Waals surface area contributed by atoms with Gasteiger partial charge in [0.25, 0.3) is 0 Å². The highest BCUT2D eigenvalue weighted by atomic mass is 19.1. The minimum Gasteiger partial charge on any atom is -0.370 e. The Morgan fingerprint density at radius 3 is 2.50 bits per heavy atom. The SMILES string of the molecule is C=Cc1cc(-c2ccc(CN(C)c3cccc(/C=C/C(C)=O)c3)c(F)c2)ccc1C. The molecule has 0 fully saturated rings. The fraction of sp³-hybridized carbons (Fsp3) is 0.148. The zero-order chi connectivity index (χ0) is 21.7. The molecule has 0 spiro atoms. The smallest absolute Gasteiger partial charge is 0.152 e. The Morgan fingerprint density at radius 2 is 1.80 bits per heavy atom. The predicted octanol–water partition coefficient (Wildman–Crippen LogP) is 6.68. The predicted molar refractivity (Wildman–Crippen MR) is 125 cm³/mol. The van der Waals surface area contributed by atoms with Crippen molar-refractivity contribution < 1.29 is 9.18 Å². The van der Waals surface area contributed by atoms with Crippen LogP contribution in [0.2, 0.25) is 0 Å². The lowest BCUT2D eigenvalue weighted by molar-refractivity contribution is -0.112. The van der Waals surface area contributed by atoms with Gasteiger partial charge in [-0.25, -0.2) is 4.39 Å². The molecule has 0 heterocycles. The minimum absolute atomic E-state index is 0.00436. The maximum Gasteiger partial charge on any atom is 0.152 e. The van der Waals surface area contributed by atoms with Gasteiger partial charge in [0.2, 0.25) is 0 Å². The molecule has 0 aliphatic carbocycles. The summed E-state index contributed by atoms with van der Waals surface area (Å²) in [5.74, 6) is -0.225. The summed E-state index contributed by atoms with van der Waals surface area (Å²) < 4.78 is 14.9. The van der Waals surface area contributed by atoms with E-state index in [2.05, 4.69) is 6.58 Å². The summed E-state index contributed by atoms with van der Waals surface area (Å²) in [5.41, 5.74) is 6.53. The Morgan fingerprint density at radius 1 is 1.07 bits per heavy atom. The molecule has 0 aromatic heterocycles. The van der Waals surface area contributed by atoms with Gasteiger partial charge in [-0.2, -0.15) is 0 Å². The van der Waals surface area contributed by atoms with Gasteiger partial charge in [-0.05, 0) is 72.0 Å². The lowest BCUT2D eigenvalue weighted by atomic mass is 9.98. The molecule has 3 rings (SSSR count). The second-order valence-corrected chi connectivity index (χ2v) is 7.48. The molecule has 0 saturated carbocycles. The summed E-state index contributed by atoms with van der Waals surface area (Å²) >= 11 is 0. The molecular formula is C27H26FNO. The second-order valence-electron chi connectivity index (χ2n) is 7.48. The fourth-order valence-corrected chi connectivity index (χ4v) is 3.32. The Balaban J connectivity index is 1.80. The van der Waals surface area contributed by atoms with Crippen molar-refractivity contribution in [3.8, 4) is 11.1 Å². The number of aryl methyl sites for hydroxylation is 1. The number of ketones is 1. The van der Waals surface area contributed by atoms with Gasteiger partial charge in [0, 0.05) is 24.8 Å². The molecule has 3 aromatic rings. The average molecular weight is 400 g/mol. The maximum absolute atomic E-state index is 14.9. The van der Waals surface area contributed by atoms with E-state index in [1.54, 1.807) is 18.2 Å². The number of anilines is 1. The normalized spacial score (nSPS) is 10.9. The van der Waals surface area contributed by atoms with Crippen molar-refractivity contribution in [2.45, 2.75) is 20.4 Å². The Hall–Kier alpha value is -3.46. The third-order valence-electron chi connectivity index (χ3n) is 5.11. The van der Waals surface area contributed by atoms with Crippen LogP contribution in [0.15, 0.2) is 73.3 Å². The van der Waals surface area contributed by atoms with Gasteiger partial charge in [0.1, 0.15) is 5.82 Å². The molecular weight excluding hydrogens is 373 g/mol. The number of hydrogen-bond donors (Lipinski definition) is 0. The molecule has 0 N–H and O–H groups in total. The van der Waals surface area contributed by atoms with E-state index >= 15 is 0 Å². The molecule has 30 heavy (non-hydrogen) atoms. The van der Waals surface area contributed by atoms with Crippen LogP contribution in [0.5, 0.6) is 0 Å².